The fraction of sp³-hybridized carbons (Fsp3) is 1.00. The molecule has 1 heterocycles. The van der Waals surface area contributed by atoms with Crippen molar-refractivity contribution in [3.8, 4) is 0 Å². The Morgan fingerprint density at radius 2 is 2.14 bits per heavy atom. The van der Waals surface area contributed by atoms with Gasteiger partial charge in [-0.2, -0.15) is 12.6 Å². The molecular weight excluding hydrogens is 190 g/mol. The van der Waals surface area contributed by atoms with E-state index in [1.807, 2.05) is 0 Å². The van der Waals surface area contributed by atoms with E-state index in [0.29, 0.717) is 0 Å². The van der Waals surface area contributed by atoms with Crippen molar-refractivity contribution in [1.82, 2.24) is 4.90 Å². The Kier molecular flexibility index (Phi) is 5.32. The second-order valence-corrected chi connectivity index (χ2v) is 5.37. The Labute approximate surface area is 94.7 Å². The first-order valence-corrected chi connectivity index (χ1v) is 6.63. The summed E-state index contributed by atoms with van der Waals surface area (Å²) in [4.78, 5) is 2.63. The Balaban J connectivity index is 2.28. The number of rotatable bonds is 5. The third-order valence-corrected chi connectivity index (χ3v) is 4.12. The lowest BCUT2D eigenvalue weighted by Crippen LogP contribution is -2.28. The molecule has 0 saturated carbocycles. The Hall–Kier alpha value is 0.310. The SMILES string of the molecule is CCC(CS)CN1CCC(C(C)C)C1. The number of hydrogen-bond donors (Lipinski definition) is 1. The van der Waals surface area contributed by atoms with Crippen molar-refractivity contribution in [1.29, 1.82) is 0 Å². The Morgan fingerprint density at radius 1 is 1.43 bits per heavy atom. The monoisotopic (exact) mass is 215 g/mol. The molecule has 0 aromatic heterocycles. The van der Waals surface area contributed by atoms with Crippen molar-refractivity contribution in [2.24, 2.45) is 17.8 Å². The fourth-order valence-corrected chi connectivity index (χ4v) is 2.63. The summed E-state index contributed by atoms with van der Waals surface area (Å²) < 4.78 is 0. The highest BCUT2D eigenvalue weighted by Crippen LogP contribution is 2.24. The maximum absolute atomic E-state index is 4.40. The van der Waals surface area contributed by atoms with Gasteiger partial charge in [0.25, 0.3) is 0 Å². The third kappa shape index (κ3) is 3.47. The largest absolute Gasteiger partial charge is 0.303 e. The highest BCUT2D eigenvalue weighted by Gasteiger charge is 2.25. The second-order valence-electron chi connectivity index (χ2n) is 5.01. The van der Waals surface area contributed by atoms with E-state index in [1.165, 1.54) is 32.5 Å². The molecule has 0 radical (unpaired) electrons. The molecule has 0 spiro atoms. The van der Waals surface area contributed by atoms with E-state index in [4.69, 9.17) is 0 Å². The smallest absolute Gasteiger partial charge is 0.00175 e. The zero-order valence-electron chi connectivity index (χ0n) is 9.87. The maximum atomic E-state index is 4.40. The molecule has 84 valence electrons. The predicted molar refractivity (Wildman–Crippen MR) is 67.0 cm³/mol. The summed E-state index contributed by atoms with van der Waals surface area (Å²) in [6, 6.07) is 0. The van der Waals surface area contributed by atoms with Gasteiger partial charge in [-0.05, 0) is 36.5 Å². The molecule has 1 fully saturated rings. The van der Waals surface area contributed by atoms with Crippen LogP contribution < -0.4 is 0 Å². The standard InChI is InChI=1S/C12H25NS/c1-4-11(9-14)7-13-6-5-12(8-13)10(2)3/h10-12,14H,4-9H2,1-3H3. The maximum Gasteiger partial charge on any atom is 0.00175 e. The number of nitrogens with zero attached hydrogens (tertiary/aromatic N) is 1. The molecule has 0 aliphatic carbocycles. The zero-order chi connectivity index (χ0) is 10.6. The van der Waals surface area contributed by atoms with Crippen LogP contribution >= 0.6 is 12.6 Å². The predicted octanol–water partition coefficient (Wildman–Crippen LogP) is 2.92. The van der Waals surface area contributed by atoms with Gasteiger partial charge in [0, 0.05) is 13.1 Å². The lowest BCUT2D eigenvalue weighted by Gasteiger charge is -2.22. The van der Waals surface area contributed by atoms with E-state index in [1.54, 1.807) is 0 Å². The molecule has 2 unspecified atom stereocenters. The molecule has 2 atom stereocenters. The van der Waals surface area contributed by atoms with Gasteiger partial charge in [-0.3, -0.25) is 0 Å². The van der Waals surface area contributed by atoms with Gasteiger partial charge in [-0.25, -0.2) is 0 Å². The lowest BCUT2D eigenvalue weighted by molar-refractivity contribution is 0.265. The van der Waals surface area contributed by atoms with E-state index in [0.717, 1.165) is 23.5 Å². The van der Waals surface area contributed by atoms with Crippen molar-refractivity contribution >= 4 is 12.6 Å². The molecule has 0 N–H and O–H groups in total. The molecule has 1 rings (SSSR count). The van der Waals surface area contributed by atoms with E-state index < -0.39 is 0 Å². The quantitative estimate of drug-likeness (QED) is 0.690. The summed E-state index contributed by atoms with van der Waals surface area (Å²) in [5, 5.41) is 0. The van der Waals surface area contributed by atoms with Gasteiger partial charge in [0.15, 0.2) is 0 Å². The van der Waals surface area contributed by atoms with Gasteiger partial charge in [-0.1, -0.05) is 27.2 Å². The van der Waals surface area contributed by atoms with Crippen molar-refractivity contribution in [3.05, 3.63) is 0 Å². The van der Waals surface area contributed by atoms with Crippen LogP contribution in [-0.4, -0.2) is 30.3 Å². The Morgan fingerprint density at radius 3 is 2.57 bits per heavy atom. The first-order chi connectivity index (χ1) is 6.67. The van der Waals surface area contributed by atoms with Crippen LogP contribution in [0.25, 0.3) is 0 Å². The highest BCUT2D eigenvalue weighted by atomic mass is 32.1. The van der Waals surface area contributed by atoms with E-state index in [9.17, 15) is 0 Å². The van der Waals surface area contributed by atoms with Crippen LogP contribution in [0, 0.1) is 17.8 Å². The molecular formula is C12H25NS. The number of hydrogen-bond acceptors (Lipinski definition) is 2. The van der Waals surface area contributed by atoms with Gasteiger partial charge < -0.3 is 4.90 Å². The highest BCUT2D eigenvalue weighted by molar-refractivity contribution is 7.80. The minimum Gasteiger partial charge on any atom is -0.303 e. The van der Waals surface area contributed by atoms with Crippen LogP contribution in [0.5, 0.6) is 0 Å². The normalized spacial score (nSPS) is 25.9. The van der Waals surface area contributed by atoms with Crippen LogP contribution in [0.1, 0.15) is 33.6 Å². The van der Waals surface area contributed by atoms with Crippen molar-refractivity contribution in [3.63, 3.8) is 0 Å². The van der Waals surface area contributed by atoms with Gasteiger partial charge in [-0.15, -0.1) is 0 Å². The summed E-state index contributed by atoms with van der Waals surface area (Å²) in [5.74, 6) is 3.63. The molecule has 1 saturated heterocycles. The fourth-order valence-electron chi connectivity index (χ4n) is 2.25. The van der Waals surface area contributed by atoms with Gasteiger partial charge in [0.2, 0.25) is 0 Å². The topological polar surface area (TPSA) is 3.24 Å². The first-order valence-electron chi connectivity index (χ1n) is 6.00. The van der Waals surface area contributed by atoms with Crippen LogP contribution in [-0.2, 0) is 0 Å². The average Bonchev–Trinajstić information content (AvgIpc) is 2.62. The van der Waals surface area contributed by atoms with E-state index >= 15 is 0 Å². The summed E-state index contributed by atoms with van der Waals surface area (Å²) in [6.07, 6.45) is 2.67. The third-order valence-electron chi connectivity index (χ3n) is 3.60. The lowest BCUT2D eigenvalue weighted by atomic mass is 9.95. The van der Waals surface area contributed by atoms with E-state index in [-0.39, 0.29) is 0 Å². The summed E-state index contributed by atoms with van der Waals surface area (Å²) in [5.41, 5.74) is 0. The van der Waals surface area contributed by atoms with Crippen LogP contribution in [0.4, 0.5) is 0 Å². The second kappa shape index (κ2) is 6.02. The zero-order valence-corrected chi connectivity index (χ0v) is 10.8. The average molecular weight is 215 g/mol. The van der Waals surface area contributed by atoms with E-state index in [2.05, 4.69) is 38.3 Å². The molecule has 0 aromatic carbocycles. The van der Waals surface area contributed by atoms with Gasteiger partial charge >= 0.3 is 0 Å². The van der Waals surface area contributed by atoms with Crippen LogP contribution in [0.15, 0.2) is 0 Å². The Bertz CT molecular complexity index is 154. The molecule has 0 bridgehead atoms. The summed E-state index contributed by atoms with van der Waals surface area (Å²) in [6.45, 7) is 10.9. The molecule has 14 heavy (non-hydrogen) atoms. The van der Waals surface area contributed by atoms with Gasteiger partial charge in [0.1, 0.15) is 0 Å². The minimum atomic E-state index is 0.796. The molecule has 2 heteroatoms. The molecule has 1 aliphatic heterocycles. The van der Waals surface area contributed by atoms with Crippen molar-refractivity contribution in [2.45, 2.75) is 33.6 Å². The van der Waals surface area contributed by atoms with Gasteiger partial charge in [0.05, 0.1) is 0 Å². The number of thiol groups is 1. The molecule has 1 aliphatic rings. The van der Waals surface area contributed by atoms with Crippen LogP contribution in [0.3, 0.4) is 0 Å². The number of likely N-dealkylation sites (tertiary alicyclic amines) is 1. The molecule has 1 nitrogen and oxygen atoms in total. The first kappa shape index (κ1) is 12.4. The van der Waals surface area contributed by atoms with Crippen molar-refractivity contribution in [2.75, 3.05) is 25.4 Å². The summed E-state index contributed by atoms with van der Waals surface area (Å²) in [7, 11) is 0. The molecule has 0 amide bonds. The van der Waals surface area contributed by atoms with Crippen LogP contribution in [0.2, 0.25) is 0 Å². The van der Waals surface area contributed by atoms with Crippen molar-refractivity contribution < 1.29 is 0 Å². The summed E-state index contributed by atoms with van der Waals surface area (Å²) >= 11 is 4.40. The minimum absolute atomic E-state index is 0.796. The molecule has 0 aromatic rings.